The average molecular weight is 305 g/mol. The minimum atomic E-state index is -0.0144. The summed E-state index contributed by atoms with van der Waals surface area (Å²) in [5, 5.41) is 8.89. The van der Waals surface area contributed by atoms with Crippen LogP contribution < -0.4 is 0 Å². The molecule has 2 atom stereocenters. The van der Waals surface area contributed by atoms with Crippen molar-refractivity contribution in [3.8, 4) is 6.07 Å². The first kappa shape index (κ1) is 14.5. The van der Waals surface area contributed by atoms with Crippen molar-refractivity contribution in [1.82, 2.24) is 9.88 Å². The largest absolute Gasteiger partial charge is 0.376 e. The summed E-state index contributed by atoms with van der Waals surface area (Å²) in [5.41, 5.74) is 0.998. The van der Waals surface area contributed by atoms with Gasteiger partial charge in [-0.3, -0.25) is 4.79 Å². The number of aromatic nitrogens is 1. The zero-order valence-electron chi connectivity index (χ0n) is 11.9. The first-order valence-corrected chi connectivity index (χ1v) is 8.52. The molecular weight excluding hydrogens is 286 g/mol. The molecule has 0 bridgehead atoms. The van der Waals surface area contributed by atoms with Crippen molar-refractivity contribution in [2.24, 2.45) is 0 Å². The van der Waals surface area contributed by atoms with Gasteiger partial charge in [-0.2, -0.15) is 17.0 Å². The number of amides is 1. The first-order chi connectivity index (χ1) is 10.3. The molecule has 1 amide bonds. The maximum Gasteiger partial charge on any atom is 0.270 e. The summed E-state index contributed by atoms with van der Waals surface area (Å²) in [6.07, 6.45) is 4.88. The minimum Gasteiger partial charge on any atom is -0.376 e. The van der Waals surface area contributed by atoms with Gasteiger partial charge in [0.15, 0.2) is 0 Å². The van der Waals surface area contributed by atoms with Crippen LogP contribution in [0.15, 0.2) is 12.3 Å². The Balaban J connectivity index is 1.76. The van der Waals surface area contributed by atoms with Crippen LogP contribution >= 0.6 is 11.8 Å². The Hall–Kier alpha value is -1.45. The summed E-state index contributed by atoms with van der Waals surface area (Å²) in [5.74, 6) is 2.08. The van der Waals surface area contributed by atoms with Gasteiger partial charge in [0, 0.05) is 31.1 Å². The molecular formula is C15H19N3O2S. The first-order valence-electron chi connectivity index (χ1n) is 7.37. The molecule has 0 aliphatic carbocycles. The van der Waals surface area contributed by atoms with Gasteiger partial charge in [0.1, 0.15) is 11.8 Å². The third-order valence-corrected chi connectivity index (χ3v) is 5.22. The summed E-state index contributed by atoms with van der Waals surface area (Å²) in [7, 11) is 0. The smallest absolute Gasteiger partial charge is 0.270 e. The Labute approximate surface area is 128 Å². The van der Waals surface area contributed by atoms with Gasteiger partial charge in [-0.25, -0.2) is 0 Å². The fourth-order valence-electron chi connectivity index (χ4n) is 2.91. The average Bonchev–Trinajstić information content (AvgIpc) is 3.25. The van der Waals surface area contributed by atoms with E-state index in [9.17, 15) is 4.79 Å². The number of nitrogens with one attached hydrogen (secondary N) is 1. The van der Waals surface area contributed by atoms with Crippen LogP contribution in [0.3, 0.4) is 0 Å². The fraction of sp³-hybridized carbons (Fsp3) is 0.600. The van der Waals surface area contributed by atoms with Gasteiger partial charge < -0.3 is 14.6 Å². The van der Waals surface area contributed by atoms with Crippen LogP contribution in [0.1, 0.15) is 35.3 Å². The van der Waals surface area contributed by atoms with E-state index in [1.807, 2.05) is 16.7 Å². The molecule has 2 aliphatic rings. The fourth-order valence-corrected chi connectivity index (χ4v) is 4.13. The van der Waals surface area contributed by atoms with Crippen molar-refractivity contribution >= 4 is 17.7 Å². The van der Waals surface area contributed by atoms with Gasteiger partial charge in [-0.1, -0.05) is 0 Å². The topological polar surface area (TPSA) is 69.1 Å². The number of rotatable bonds is 4. The van der Waals surface area contributed by atoms with E-state index < -0.39 is 0 Å². The number of carbonyl (C=O) groups is 1. The lowest BCUT2D eigenvalue weighted by Crippen LogP contribution is -2.44. The predicted octanol–water partition coefficient (Wildman–Crippen LogP) is 2.01. The van der Waals surface area contributed by atoms with Crippen molar-refractivity contribution in [1.29, 1.82) is 5.26 Å². The Bertz CT molecular complexity index is 539. The molecule has 3 rings (SSSR count). The zero-order valence-corrected chi connectivity index (χ0v) is 12.7. The highest BCUT2D eigenvalue weighted by molar-refractivity contribution is 7.99. The molecule has 112 valence electrons. The van der Waals surface area contributed by atoms with E-state index in [4.69, 9.17) is 10.00 Å². The van der Waals surface area contributed by atoms with Crippen LogP contribution in [0.4, 0.5) is 0 Å². The van der Waals surface area contributed by atoms with Crippen LogP contribution in [0.2, 0.25) is 0 Å². The Kier molecular flexibility index (Phi) is 4.51. The number of aromatic amines is 1. The molecule has 0 radical (unpaired) electrons. The van der Waals surface area contributed by atoms with Crippen molar-refractivity contribution in [3.05, 3.63) is 23.5 Å². The molecule has 1 aromatic heterocycles. The molecule has 2 saturated heterocycles. The quantitative estimate of drug-likeness (QED) is 0.924. The Morgan fingerprint density at radius 1 is 1.57 bits per heavy atom. The maximum absolute atomic E-state index is 12.8. The van der Waals surface area contributed by atoms with Crippen molar-refractivity contribution < 1.29 is 9.53 Å². The lowest BCUT2D eigenvalue weighted by atomic mass is 10.1. The third-order valence-electron chi connectivity index (χ3n) is 4.07. The molecule has 6 heteroatoms. The number of hydrogen-bond acceptors (Lipinski definition) is 4. The van der Waals surface area contributed by atoms with E-state index in [-0.39, 0.29) is 18.1 Å². The van der Waals surface area contributed by atoms with Crippen molar-refractivity contribution in [3.63, 3.8) is 0 Å². The number of nitriles is 1. The summed E-state index contributed by atoms with van der Waals surface area (Å²) in [6, 6.07) is 3.96. The second kappa shape index (κ2) is 6.54. The standard InChI is InChI=1S/C15H19N3O2S/c16-7-11-6-14(17-8-11)15(19)18(12-3-5-21-10-12)9-13-2-1-4-20-13/h6,8,12-13,17H,1-5,9-10H2/t12-,13+/m0/s1. The van der Waals surface area contributed by atoms with Crippen LogP contribution in [-0.4, -0.2) is 52.6 Å². The van der Waals surface area contributed by atoms with Gasteiger partial charge in [0.05, 0.1) is 11.7 Å². The van der Waals surface area contributed by atoms with E-state index in [0.717, 1.165) is 37.4 Å². The van der Waals surface area contributed by atoms with Gasteiger partial charge in [0.2, 0.25) is 0 Å². The van der Waals surface area contributed by atoms with Crippen LogP contribution in [0.5, 0.6) is 0 Å². The van der Waals surface area contributed by atoms with Crippen LogP contribution in [0, 0.1) is 11.3 Å². The SMILES string of the molecule is N#Cc1c[nH]c(C(=O)N(C[C@H]2CCCO2)[C@H]2CCSC2)c1. The summed E-state index contributed by atoms with van der Waals surface area (Å²) < 4.78 is 5.69. The highest BCUT2D eigenvalue weighted by atomic mass is 32.2. The second-order valence-corrected chi connectivity index (χ2v) is 6.67. The molecule has 0 saturated carbocycles. The van der Waals surface area contributed by atoms with E-state index in [0.29, 0.717) is 17.8 Å². The predicted molar refractivity (Wildman–Crippen MR) is 81.2 cm³/mol. The lowest BCUT2D eigenvalue weighted by Gasteiger charge is -2.30. The number of carbonyl (C=O) groups excluding carboxylic acids is 1. The molecule has 0 unspecified atom stereocenters. The number of nitrogens with zero attached hydrogens (tertiary/aromatic N) is 2. The van der Waals surface area contributed by atoms with Crippen molar-refractivity contribution in [2.75, 3.05) is 24.7 Å². The molecule has 3 heterocycles. The van der Waals surface area contributed by atoms with E-state index in [1.165, 1.54) is 0 Å². The molecule has 0 aromatic carbocycles. The molecule has 0 spiro atoms. The lowest BCUT2D eigenvalue weighted by molar-refractivity contribution is 0.0438. The number of ether oxygens (including phenoxy) is 1. The highest BCUT2D eigenvalue weighted by Gasteiger charge is 2.31. The van der Waals surface area contributed by atoms with Crippen molar-refractivity contribution in [2.45, 2.75) is 31.4 Å². The maximum atomic E-state index is 12.8. The molecule has 5 nitrogen and oxygen atoms in total. The van der Waals surface area contributed by atoms with Gasteiger partial charge in [-0.15, -0.1) is 0 Å². The third kappa shape index (κ3) is 3.25. The van der Waals surface area contributed by atoms with Gasteiger partial charge >= 0.3 is 0 Å². The zero-order chi connectivity index (χ0) is 14.7. The highest BCUT2D eigenvalue weighted by Crippen LogP contribution is 2.25. The number of thioether (sulfide) groups is 1. The second-order valence-electron chi connectivity index (χ2n) is 5.52. The Morgan fingerprint density at radius 2 is 2.48 bits per heavy atom. The van der Waals surface area contributed by atoms with E-state index >= 15 is 0 Å². The van der Waals surface area contributed by atoms with Crippen LogP contribution in [0.25, 0.3) is 0 Å². The monoisotopic (exact) mass is 305 g/mol. The molecule has 1 aromatic rings. The summed E-state index contributed by atoms with van der Waals surface area (Å²) >= 11 is 1.89. The minimum absolute atomic E-state index is 0.0144. The number of hydrogen-bond donors (Lipinski definition) is 1. The molecule has 2 aliphatic heterocycles. The molecule has 2 fully saturated rings. The molecule has 1 N–H and O–H groups in total. The van der Waals surface area contributed by atoms with E-state index in [1.54, 1.807) is 12.3 Å². The summed E-state index contributed by atoms with van der Waals surface area (Å²) in [4.78, 5) is 17.6. The molecule has 21 heavy (non-hydrogen) atoms. The van der Waals surface area contributed by atoms with Gasteiger partial charge in [-0.05, 0) is 31.1 Å². The number of H-pyrrole nitrogens is 1. The Morgan fingerprint density at radius 3 is 3.10 bits per heavy atom. The van der Waals surface area contributed by atoms with Crippen LogP contribution in [-0.2, 0) is 4.74 Å². The van der Waals surface area contributed by atoms with Gasteiger partial charge in [0.25, 0.3) is 5.91 Å². The summed E-state index contributed by atoms with van der Waals surface area (Å²) in [6.45, 7) is 1.46. The van der Waals surface area contributed by atoms with E-state index in [2.05, 4.69) is 11.1 Å². The normalized spacial score (nSPS) is 24.9.